The molecule has 0 spiro atoms. The summed E-state index contributed by atoms with van der Waals surface area (Å²) in [5.41, 5.74) is 8.09. The van der Waals surface area contributed by atoms with Crippen molar-refractivity contribution in [3.63, 3.8) is 0 Å². The highest BCUT2D eigenvalue weighted by molar-refractivity contribution is 6.30. The third-order valence-corrected chi connectivity index (χ3v) is 3.53. The fourth-order valence-corrected chi connectivity index (χ4v) is 2.42. The fourth-order valence-electron chi connectivity index (χ4n) is 2.14. The van der Waals surface area contributed by atoms with E-state index in [1.807, 2.05) is 24.3 Å². The molecule has 0 radical (unpaired) electrons. The molecule has 1 atom stereocenters. The van der Waals surface area contributed by atoms with Crippen molar-refractivity contribution in [2.75, 3.05) is 0 Å². The molecule has 96 valence electrons. The summed E-state index contributed by atoms with van der Waals surface area (Å²) in [6.45, 7) is 2.19. The number of nitrogens with two attached hydrogens (primary N) is 1. The molecule has 0 saturated carbocycles. The number of para-hydroxylation sites is 1. The van der Waals surface area contributed by atoms with Crippen LogP contribution in [0.15, 0.2) is 30.3 Å². The van der Waals surface area contributed by atoms with Crippen LogP contribution in [0.1, 0.15) is 44.2 Å². The smallest absolute Gasteiger partial charge is 0.134 e. The van der Waals surface area contributed by atoms with Crippen molar-refractivity contribution in [2.45, 2.75) is 38.6 Å². The summed E-state index contributed by atoms with van der Waals surface area (Å²) < 4.78 is 0. The molecule has 0 amide bonds. The molecular weight excluding hydrogens is 244 g/mol. The zero-order valence-electron chi connectivity index (χ0n) is 10.7. The summed E-state index contributed by atoms with van der Waals surface area (Å²) in [5.74, 6) is 0. The molecule has 0 aliphatic carbocycles. The van der Waals surface area contributed by atoms with Gasteiger partial charge in [-0.15, -0.1) is 0 Å². The second kappa shape index (κ2) is 6.17. The Labute approximate surface area is 113 Å². The van der Waals surface area contributed by atoms with Crippen LogP contribution >= 0.6 is 11.6 Å². The lowest BCUT2D eigenvalue weighted by molar-refractivity contribution is 0.580. The van der Waals surface area contributed by atoms with Gasteiger partial charge in [-0.3, -0.25) is 0 Å². The molecule has 0 aliphatic rings. The highest BCUT2D eigenvalue weighted by Gasteiger charge is 2.12. The van der Waals surface area contributed by atoms with E-state index < -0.39 is 0 Å². The largest absolute Gasteiger partial charge is 0.324 e. The summed E-state index contributed by atoms with van der Waals surface area (Å²) in [6.07, 6.45) is 4.52. The van der Waals surface area contributed by atoms with E-state index in [9.17, 15) is 0 Å². The van der Waals surface area contributed by atoms with Gasteiger partial charge in [-0.05, 0) is 18.6 Å². The van der Waals surface area contributed by atoms with Crippen LogP contribution in [0.3, 0.4) is 0 Å². The number of halogens is 1. The van der Waals surface area contributed by atoms with E-state index >= 15 is 0 Å². The van der Waals surface area contributed by atoms with Crippen LogP contribution in [0.25, 0.3) is 10.9 Å². The Morgan fingerprint density at radius 2 is 2.06 bits per heavy atom. The van der Waals surface area contributed by atoms with Crippen molar-refractivity contribution in [1.29, 1.82) is 0 Å². The minimum atomic E-state index is -0.0128. The molecule has 1 heterocycles. The number of pyridine rings is 1. The van der Waals surface area contributed by atoms with E-state index in [-0.39, 0.29) is 6.04 Å². The zero-order valence-corrected chi connectivity index (χ0v) is 11.5. The first-order valence-electron chi connectivity index (χ1n) is 6.53. The number of aromatic nitrogens is 1. The normalized spacial score (nSPS) is 12.8. The molecule has 0 unspecified atom stereocenters. The van der Waals surface area contributed by atoms with Gasteiger partial charge in [-0.2, -0.15) is 0 Å². The van der Waals surface area contributed by atoms with Gasteiger partial charge in [0.2, 0.25) is 0 Å². The van der Waals surface area contributed by atoms with Gasteiger partial charge in [0.15, 0.2) is 0 Å². The van der Waals surface area contributed by atoms with Crippen LogP contribution < -0.4 is 5.73 Å². The summed E-state index contributed by atoms with van der Waals surface area (Å²) in [6, 6.07) is 10.0. The fraction of sp³-hybridized carbons (Fsp3) is 0.400. The lowest BCUT2D eigenvalue weighted by atomic mass is 10.0. The summed E-state index contributed by atoms with van der Waals surface area (Å²) in [5, 5.41) is 1.64. The number of hydrogen-bond acceptors (Lipinski definition) is 2. The van der Waals surface area contributed by atoms with Gasteiger partial charge in [-0.1, -0.05) is 56.0 Å². The van der Waals surface area contributed by atoms with E-state index in [4.69, 9.17) is 17.3 Å². The first-order valence-corrected chi connectivity index (χ1v) is 6.91. The third-order valence-electron chi connectivity index (χ3n) is 3.22. The Hall–Kier alpha value is -1.12. The molecule has 2 N–H and O–H groups in total. The highest BCUT2D eigenvalue weighted by atomic mass is 35.5. The second-order valence-corrected chi connectivity index (χ2v) is 5.02. The number of unbranched alkanes of at least 4 members (excludes halogenated alkanes) is 2. The van der Waals surface area contributed by atoms with Gasteiger partial charge in [-0.25, -0.2) is 4.98 Å². The van der Waals surface area contributed by atoms with Crippen LogP contribution in [-0.2, 0) is 0 Å². The molecule has 0 fully saturated rings. The van der Waals surface area contributed by atoms with Crippen LogP contribution in [-0.4, -0.2) is 4.98 Å². The van der Waals surface area contributed by atoms with Gasteiger partial charge in [0.05, 0.1) is 5.52 Å². The summed E-state index contributed by atoms with van der Waals surface area (Å²) in [7, 11) is 0. The average Bonchev–Trinajstić information content (AvgIpc) is 2.38. The van der Waals surface area contributed by atoms with Crippen molar-refractivity contribution in [3.05, 3.63) is 41.0 Å². The molecule has 2 aromatic rings. The average molecular weight is 263 g/mol. The summed E-state index contributed by atoms with van der Waals surface area (Å²) in [4.78, 5) is 4.41. The van der Waals surface area contributed by atoms with Crippen molar-refractivity contribution in [3.8, 4) is 0 Å². The SMILES string of the molecule is CCCCC[C@H](N)c1cc2ccccc2nc1Cl. The first kappa shape index (κ1) is 13.3. The van der Waals surface area contributed by atoms with Crippen LogP contribution in [0.5, 0.6) is 0 Å². The Balaban J connectivity index is 2.24. The molecule has 0 aliphatic heterocycles. The molecule has 2 rings (SSSR count). The Morgan fingerprint density at radius 1 is 1.28 bits per heavy atom. The number of benzene rings is 1. The predicted octanol–water partition coefficient (Wildman–Crippen LogP) is 4.47. The Bertz CT molecular complexity index is 525. The van der Waals surface area contributed by atoms with E-state index in [1.54, 1.807) is 0 Å². The predicted molar refractivity (Wildman–Crippen MR) is 77.8 cm³/mol. The molecule has 2 nitrogen and oxygen atoms in total. The van der Waals surface area contributed by atoms with E-state index in [2.05, 4.69) is 18.0 Å². The standard InChI is InChI=1S/C15H19ClN2/c1-2-3-4-8-13(17)12-10-11-7-5-6-9-14(11)18-15(12)16/h5-7,9-10,13H,2-4,8,17H2,1H3/t13-/m0/s1. The lowest BCUT2D eigenvalue weighted by Gasteiger charge is -2.14. The molecule has 1 aromatic heterocycles. The van der Waals surface area contributed by atoms with Crippen LogP contribution in [0.4, 0.5) is 0 Å². The minimum Gasteiger partial charge on any atom is -0.324 e. The molecule has 18 heavy (non-hydrogen) atoms. The van der Waals surface area contributed by atoms with Gasteiger partial charge >= 0.3 is 0 Å². The van der Waals surface area contributed by atoms with E-state index in [0.29, 0.717) is 5.15 Å². The molecule has 0 bridgehead atoms. The first-order chi connectivity index (χ1) is 8.72. The van der Waals surface area contributed by atoms with E-state index in [0.717, 1.165) is 29.3 Å². The number of fused-ring (bicyclic) bond motifs is 1. The van der Waals surface area contributed by atoms with Crippen LogP contribution in [0, 0.1) is 0 Å². The van der Waals surface area contributed by atoms with E-state index in [1.165, 1.54) is 12.8 Å². The van der Waals surface area contributed by atoms with Crippen LogP contribution in [0.2, 0.25) is 5.15 Å². The Morgan fingerprint density at radius 3 is 2.83 bits per heavy atom. The maximum Gasteiger partial charge on any atom is 0.134 e. The van der Waals surface area contributed by atoms with Crippen molar-refractivity contribution in [2.24, 2.45) is 5.73 Å². The molecular formula is C15H19ClN2. The maximum absolute atomic E-state index is 6.22. The van der Waals surface area contributed by atoms with Crippen molar-refractivity contribution in [1.82, 2.24) is 4.98 Å². The van der Waals surface area contributed by atoms with Gasteiger partial charge in [0, 0.05) is 17.0 Å². The summed E-state index contributed by atoms with van der Waals surface area (Å²) >= 11 is 6.22. The highest BCUT2D eigenvalue weighted by Crippen LogP contribution is 2.27. The zero-order chi connectivity index (χ0) is 13.0. The van der Waals surface area contributed by atoms with Gasteiger partial charge < -0.3 is 5.73 Å². The number of hydrogen-bond donors (Lipinski definition) is 1. The quantitative estimate of drug-likeness (QED) is 0.638. The van der Waals surface area contributed by atoms with Crippen molar-refractivity contribution < 1.29 is 0 Å². The molecule has 3 heteroatoms. The topological polar surface area (TPSA) is 38.9 Å². The molecule has 1 aromatic carbocycles. The molecule has 0 saturated heterocycles. The maximum atomic E-state index is 6.22. The monoisotopic (exact) mass is 262 g/mol. The third kappa shape index (κ3) is 3.01. The number of nitrogens with zero attached hydrogens (tertiary/aromatic N) is 1. The Kier molecular flexibility index (Phi) is 4.56. The lowest BCUT2D eigenvalue weighted by Crippen LogP contribution is -2.11. The van der Waals surface area contributed by atoms with Crippen molar-refractivity contribution >= 4 is 22.5 Å². The minimum absolute atomic E-state index is 0.0128. The second-order valence-electron chi connectivity index (χ2n) is 4.66. The van der Waals surface area contributed by atoms with Gasteiger partial charge in [0.25, 0.3) is 0 Å². The number of rotatable bonds is 5. The van der Waals surface area contributed by atoms with Gasteiger partial charge in [0.1, 0.15) is 5.15 Å².